The van der Waals surface area contributed by atoms with Crippen LogP contribution in [0.15, 0.2) is 46.7 Å². The van der Waals surface area contributed by atoms with E-state index in [1.54, 1.807) is 24.3 Å². The third-order valence-electron chi connectivity index (χ3n) is 2.63. The Bertz CT molecular complexity index is 647. The molecule has 0 saturated heterocycles. The van der Waals surface area contributed by atoms with E-state index < -0.39 is 23.3 Å². The Labute approximate surface area is 132 Å². The van der Waals surface area contributed by atoms with Crippen LogP contribution in [0.3, 0.4) is 0 Å². The Hall–Kier alpha value is -1.80. The van der Waals surface area contributed by atoms with Crippen molar-refractivity contribution in [3.8, 4) is 5.75 Å². The van der Waals surface area contributed by atoms with Crippen LogP contribution < -0.4 is 10.1 Å². The highest BCUT2D eigenvalue weighted by Crippen LogP contribution is 2.26. The molecule has 0 bridgehead atoms. The van der Waals surface area contributed by atoms with Crippen molar-refractivity contribution in [1.29, 1.82) is 0 Å². The molecule has 0 saturated carbocycles. The third kappa shape index (κ3) is 4.60. The van der Waals surface area contributed by atoms with Gasteiger partial charge in [0, 0.05) is 17.2 Å². The number of carbonyl (C=O) groups excluding carboxylic acids is 1. The Kier molecular flexibility index (Phi) is 6.02. The van der Waals surface area contributed by atoms with Gasteiger partial charge in [-0.1, -0.05) is 18.2 Å². The minimum atomic E-state index is -2.98. The molecule has 0 spiro atoms. The SMILES string of the molecule is O=C(NCC[S@](=O)c1ccccc1)c1sccc1OC(F)F. The molecule has 1 N–H and O–H groups in total. The Morgan fingerprint density at radius 3 is 2.68 bits per heavy atom. The van der Waals surface area contributed by atoms with Gasteiger partial charge in [0.2, 0.25) is 0 Å². The van der Waals surface area contributed by atoms with Crippen LogP contribution in [0.25, 0.3) is 0 Å². The summed E-state index contributed by atoms with van der Waals surface area (Å²) in [5, 5.41) is 4.05. The number of alkyl halides is 2. The first-order valence-corrected chi connectivity index (χ1v) is 8.51. The van der Waals surface area contributed by atoms with Crippen molar-refractivity contribution in [2.24, 2.45) is 0 Å². The summed E-state index contributed by atoms with van der Waals surface area (Å²) < 4.78 is 40.6. The number of nitrogens with one attached hydrogen (secondary N) is 1. The first-order valence-electron chi connectivity index (χ1n) is 6.32. The maximum atomic E-state index is 12.2. The molecule has 1 atom stereocenters. The molecule has 2 aromatic rings. The number of thiophene rings is 1. The average Bonchev–Trinajstić information content (AvgIpc) is 2.95. The van der Waals surface area contributed by atoms with E-state index in [9.17, 15) is 17.8 Å². The lowest BCUT2D eigenvalue weighted by molar-refractivity contribution is -0.0498. The Morgan fingerprint density at radius 2 is 2.00 bits per heavy atom. The quantitative estimate of drug-likeness (QED) is 0.839. The number of amides is 1. The van der Waals surface area contributed by atoms with Crippen molar-refractivity contribution in [3.63, 3.8) is 0 Å². The molecule has 0 aliphatic carbocycles. The fourth-order valence-electron chi connectivity index (χ4n) is 1.68. The zero-order valence-electron chi connectivity index (χ0n) is 11.3. The molecule has 1 heterocycles. The fourth-order valence-corrected chi connectivity index (χ4v) is 3.40. The van der Waals surface area contributed by atoms with E-state index in [-0.39, 0.29) is 22.9 Å². The summed E-state index contributed by atoms with van der Waals surface area (Å²) in [7, 11) is -1.22. The van der Waals surface area contributed by atoms with Crippen molar-refractivity contribution in [1.82, 2.24) is 5.32 Å². The molecule has 118 valence electrons. The standard InChI is InChI=1S/C14H13F2NO3S2/c15-14(16)20-11-6-8-21-12(11)13(18)17-7-9-22(19)10-4-2-1-3-5-10/h1-6,8,14H,7,9H2,(H,17,18)/t22-/m0/s1. The summed E-state index contributed by atoms with van der Waals surface area (Å²) in [4.78, 5) is 12.7. The Morgan fingerprint density at radius 1 is 1.27 bits per heavy atom. The normalized spacial score (nSPS) is 12.1. The van der Waals surface area contributed by atoms with Crippen LogP contribution in [0, 0.1) is 0 Å². The van der Waals surface area contributed by atoms with Crippen molar-refractivity contribution >= 4 is 28.0 Å². The predicted octanol–water partition coefficient (Wildman–Crippen LogP) is 2.89. The second-order valence-electron chi connectivity index (χ2n) is 4.11. The first kappa shape index (κ1) is 16.6. The second-order valence-corrected chi connectivity index (χ2v) is 6.60. The summed E-state index contributed by atoms with van der Waals surface area (Å²) in [5.74, 6) is -0.427. The third-order valence-corrected chi connectivity index (χ3v) is 4.90. The highest BCUT2D eigenvalue weighted by molar-refractivity contribution is 7.85. The topological polar surface area (TPSA) is 55.4 Å². The molecular weight excluding hydrogens is 332 g/mol. The molecule has 8 heteroatoms. The molecule has 0 aliphatic heterocycles. The maximum Gasteiger partial charge on any atom is 0.387 e. The maximum absolute atomic E-state index is 12.2. The zero-order chi connectivity index (χ0) is 15.9. The molecule has 0 radical (unpaired) electrons. The molecule has 1 aromatic carbocycles. The van der Waals surface area contributed by atoms with Crippen LogP contribution in [0.1, 0.15) is 9.67 Å². The zero-order valence-corrected chi connectivity index (χ0v) is 13.0. The molecule has 0 unspecified atom stereocenters. The number of rotatable bonds is 7. The van der Waals surface area contributed by atoms with Crippen LogP contribution in [0.2, 0.25) is 0 Å². The van der Waals surface area contributed by atoms with E-state index in [0.717, 1.165) is 11.3 Å². The van der Waals surface area contributed by atoms with Crippen LogP contribution in [-0.2, 0) is 10.8 Å². The van der Waals surface area contributed by atoms with Gasteiger partial charge >= 0.3 is 6.61 Å². The molecule has 0 aliphatic rings. The second kappa shape index (κ2) is 8.00. The lowest BCUT2D eigenvalue weighted by Crippen LogP contribution is -2.27. The van der Waals surface area contributed by atoms with Crippen LogP contribution in [0.5, 0.6) is 5.75 Å². The predicted molar refractivity (Wildman–Crippen MR) is 81.0 cm³/mol. The van der Waals surface area contributed by atoms with Gasteiger partial charge in [0.05, 0.1) is 10.8 Å². The lowest BCUT2D eigenvalue weighted by atomic mass is 10.4. The van der Waals surface area contributed by atoms with Gasteiger partial charge in [-0.15, -0.1) is 11.3 Å². The molecule has 2 rings (SSSR count). The smallest absolute Gasteiger partial charge is 0.387 e. The lowest BCUT2D eigenvalue weighted by Gasteiger charge is -2.07. The summed E-state index contributed by atoms with van der Waals surface area (Å²) in [6, 6.07) is 10.2. The van der Waals surface area contributed by atoms with Crippen LogP contribution in [-0.4, -0.2) is 29.0 Å². The average molecular weight is 345 g/mol. The van der Waals surface area contributed by atoms with Crippen molar-refractivity contribution < 1.29 is 22.5 Å². The summed E-state index contributed by atoms with van der Waals surface area (Å²) in [6.45, 7) is -2.81. The van der Waals surface area contributed by atoms with E-state index in [4.69, 9.17) is 0 Å². The monoisotopic (exact) mass is 345 g/mol. The molecule has 1 amide bonds. The van der Waals surface area contributed by atoms with Crippen molar-refractivity contribution in [2.75, 3.05) is 12.3 Å². The fraction of sp³-hybridized carbons (Fsp3) is 0.214. The highest BCUT2D eigenvalue weighted by Gasteiger charge is 2.17. The van der Waals surface area contributed by atoms with Gasteiger partial charge in [-0.05, 0) is 23.6 Å². The van der Waals surface area contributed by atoms with Gasteiger partial charge in [-0.25, -0.2) is 0 Å². The highest BCUT2D eigenvalue weighted by atomic mass is 32.2. The van der Waals surface area contributed by atoms with E-state index in [1.165, 1.54) is 11.4 Å². The number of carbonyl (C=O) groups is 1. The summed E-state index contributed by atoms with van der Waals surface area (Å²) in [6.07, 6.45) is 0. The number of halogens is 2. The number of hydrogen-bond donors (Lipinski definition) is 1. The molecule has 22 heavy (non-hydrogen) atoms. The van der Waals surface area contributed by atoms with Gasteiger partial charge in [-0.3, -0.25) is 9.00 Å². The van der Waals surface area contributed by atoms with E-state index in [2.05, 4.69) is 10.1 Å². The van der Waals surface area contributed by atoms with Crippen molar-refractivity contribution in [3.05, 3.63) is 46.7 Å². The summed E-state index contributed by atoms with van der Waals surface area (Å²) in [5.41, 5.74) is 0. The molecule has 0 fully saturated rings. The van der Waals surface area contributed by atoms with E-state index in [0.29, 0.717) is 4.90 Å². The summed E-state index contributed by atoms with van der Waals surface area (Å²) >= 11 is 1.01. The van der Waals surface area contributed by atoms with Gasteiger partial charge in [0.25, 0.3) is 5.91 Å². The van der Waals surface area contributed by atoms with Crippen molar-refractivity contribution in [2.45, 2.75) is 11.5 Å². The number of benzene rings is 1. The molecule has 4 nitrogen and oxygen atoms in total. The van der Waals surface area contributed by atoms with Gasteiger partial charge in [0.15, 0.2) is 0 Å². The van der Waals surface area contributed by atoms with E-state index in [1.807, 2.05) is 6.07 Å². The number of hydrogen-bond acceptors (Lipinski definition) is 4. The minimum absolute atomic E-state index is 0.0748. The van der Waals surface area contributed by atoms with E-state index >= 15 is 0 Å². The van der Waals surface area contributed by atoms with Gasteiger partial charge in [-0.2, -0.15) is 8.78 Å². The largest absolute Gasteiger partial charge is 0.433 e. The molecule has 1 aromatic heterocycles. The Balaban J connectivity index is 1.86. The van der Waals surface area contributed by atoms with Gasteiger partial charge < -0.3 is 10.1 Å². The minimum Gasteiger partial charge on any atom is -0.433 e. The van der Waals surface area contributed by atoms with Crippen LogP contribution >= 0.6 is 11.3 Å². The van der Waals surface area contributed by atoms with Gasteiger partial charge in [0.1, 0.15) is 10.6 Å². The van der Waals surface area contributed by atoms with Crippen LogP contribution in [0.4, 0.5) is 8.78 Å². The first-order chi connectivity index (χ1) is 10.6. The molecular formula is C14H13F2NO3S2. The number of ether oxygens (including phenoxy) is 1.